The summed E-state index contributed by atoms with van der Waals surface area (Å²) in [7, 11) is -4.10. The first-order valence-corrected chi connectivity index (χ1v) is 5.72. The Kier molecular flexibility index (Phi) is 4.73. The van der Waals surface area contributed by atoms with E-state index in [9.17, 15) is 18.0 Å². The van der Waals surface area contributed by atoms with Gasteiger partial charge in [-0.15, -0.1) is 0 Å². The number of carboxylic acid groups (broad SMARTS) is 2. The number of hydrogen-bond donors (Lipinski definition) is 2. The van der Waals surface area contributed by atoms with Gasteiger partial charge in [0.1, 0.15) is 5.75 Å². The van der Waals surface area contributed by atoms with E-state index in [0.29, 0.717) is 0 Å². The molecule has 2 N–H and O–H groups in total. The van der Waals surface area contributed by atoms with Gasteiger partial charge in [-0.3, -0.25) is 4.79 Å². The smallest absolute Gasteiger partial charge is 0.331 e. The van der Waals surface area contributed by atoms with Crippen LogP contribution in [0, 0.1) is 0 Å². The van der Waals surface area contributed by atoms with Crippen molar-refractivity contribution in [1.82, 2.24) is 0 Å². The molecule has 7 nitrogen and oxygen atoms in total. The highest BCUT2D eigenvalue weighted by Gasteiger charge is 2.16. The molecule has 13 heavy (non-hydrogen) atoms. The van der Waals surface area contributed by atoms with E-state index in [1.807, 2.05) is 0 Å². The van der Waals surface area contributed by atoms with Gasteiger partial charge in [0.2, 0.25) is 0 Å². The average molecular weight is 230 g/mol. The lowest BCUT2D eigenvalue weighted by molar-refractivity contribution is -0.139. The van der Waals surface area contributed by atoms with Gasteiger partial charge in [-0.25, -0.2) is 8.98 Å². The molecule has 0 saturated carbocycles. The van der Waals surface area contributed by atoms with Crippen LogP contribution >= 0.6 is 10.8 Å². The highest BCUT2D eigenvalue weighted by molar-refractivity contribution is 8.70. The minimum Gasteiger partial charge on any atom is -0.481 e. The standard InChI is InChI=1S/C4H6O7S2/c5-3(6)1-11-13(9,10)12-2-4(7)8/h1-2H2,(H,5,6)(H,7,8). The minimum absolute atomic E-state index is 0.0159. The van der Waals surface area contributed by atoms with Crippen LogP contribution in [0.4, 0.5) is 0 Å². The number of aliphatic carboxylic acids is 2. The lowest BCUT2D eigenvalue weighted by Gasteiger charge is -1.99. The van der Waals surface area contributed by atoms with Crippen molar-refractivity contribution >= 4 is 31.9 Å². The van der Waals surface area contributed by atoms with Gasteiger partial charge in [0.15, 0.2) is 6.61 Å². The molecule has 0 aromatic rings. The summed E-state index contributed by atoms with van der Waals surface area (Å²) in [5.41, 5.74) is 0. The predicted molar refractivity (Wildman–Crippen MR) is 42.6 cm³/mol. The molecule has 9 heteroatoms. The van der Waals surface area contributed by atoms with Gasteiger partial charge in [-0.05, 0) is 0 Å². The lowest BCUT2D eigenvalue weighted by atomic mass is 10.8. The van der Waals surface area contributed by atoms with Gasteiger partial charge in [0.25, 0.3) is 0 Å². The molecule has 0 aromatic heterocycles. The van der Waals surface area contributed by atoms with E-state index in [2.05, 4.69) is 4.18 Å². The highest BCUT2D eigenvalue weighted by atomic mass is 33.1. The van der Waals surface area contributed by atoms with E-state index >= 15 is 0 Å². The molecule has 0 spiro atoms. The van der Waals surface area contributed by atoms with Crippen molar-refractivity contribution in [3.05, 3.63) is 0 Å². The van der Waals surface area contributed by atoms with Crippen LogP contribution in [-0.4, -0.2) is 42.9 Å². The summed E-state index contributed by atoms with van der Waals surface area (Å²) in [5.74, 6) is -3.46. The maximum Gasteiger partial charge on any atom is 0.331 e. The third-order valence-corrected chi connectivity index (χ3v) is 3.22. The van der Waals surface area contributed by atoms with Crippen LogP contribution in [0.3, 0.4) is 0 Å². The summed E-state index contributed by atoms with van der Waals surface area (Å²) in [5, 5.41) is 16.1. The fourth-order valence-electron chi connectivity index (χ4n) is 0.279. The molecular formula is C4H6O7S2. The van der Waals surface area contributed by atoms with Crippen LogP contribution in [0.25, 0.3) is 0 Å². The van der Waals surface area contributed by atoms with E-state index in [0.717, 1.165) is 0 Å². The summed E-state index contributed by atoms with van der Waals surface area (Å²) in [6.07, 6.45) is 0. The molecule has 0 aliphatic rings. The molecule has 0 aliphatic carbocycles. The number of rotatable bonds is 6. The first kappa shape index (κ1) is 12.2. The molecule has 0 radical (unpaired) electrons. The Hall–Kier alpha value is -0.800. The van der Waals surface area contributed by atoms with Gasteiger partial charge in [0, 0.05) is 10.8 Å². The second-order valence-electron chi connectivity index (χ2n) is 1.72. The maximum absolute atomic E-state index is 10.7. The largest absolute Gasteiger partial charge is 0.481 e. The summed E-state index contributed by atoms with van der Waals surface area (Å²) >= 11 is 0. The molecule has 0 atom stereocenters. The monoisotopic (exact) mass is 230 g/mol. The Morgan fingerprint density at radius 2 is 1.77 bits per heavy atom. The maximum atomic E-state index is 10.7. The predicted octanol–water partition coefficient (Wildman–Crippen LogP) is -0.850. The van der Waals surface area contributed by atoms with Crippen molar-refractivity contribution in [2.24, 2.45) is 0 Å². The van der Waals surface area contributed by atoms with E-state index in [4.69, 9.17) is 10.2 Å². The van der Waals surface area contributed by atoms with Crippen molar-refractivity contribution < 1.29 is 32.4 Å². The molecular weight excluding hydrogens is 224 g/mol. The number of hydrogen-bond acceptors (Lipinski definition) is 6. The van der Waals surface area contributed by atoms with Gasteiger partial charge in [-0.2, -0.15) is 8.42 Å². The van der Waals surface area contributed by atoms with Crippen LogP contribution in [0.5, 0.6) is 0 Å². The second kappa shape index (κ2) is 5.04. The first-order valence-electron chi connectivity index (χ1n) is 2.81. The fourth-order valence-corrected chi connectivity index (χ4v) is 1.92. The van der Waals surface area contributed by atoms with Crippen LogP contribution in [0.1, 0.15) is 0 Å². The number of carboxylic acids is 2. The van der Waals surface area contributed by atoms with E-state index in [1.54, 1.807) is 0 Å². The Morgan fingerprint density at radius 1 is 1.23 bits per heavy atom. The topological polar surface area (TPSA) is 118 Å². The zero-order valence-corrected chi connectivity index (χ0v) is 7.80. The minimum atomic E-state index is -4.12. The van der Waals surface area contributed by atoms with Crippen molar-refractivity contribution in [2.45, 2.75) is 0 Å². The van der Waals surface area contributed by atoms with Crippen molar-refractivity contribution in [3.63, 3.8) is 0 Å². The highest BCUT2D eigenvalue weighted by Crippen LogP contribution is 2.13. The normalized spacial score (nSPS) is 11.1. The lowest BCUT2D eigenvalue weighted by Crippen LogP contribution is -2.12. The molecule has 0 bridgehead atoms. The van der Waals surface area contributed by atoms with E-state index in [-0.39, 0.29) is 10.8 Å². The summed E-state index contributed by atoms with van der Waals surface area (Å²) in [6.45, 7) is -1.01. The van der Waals surface area contributed by atoms with Crippen LogP contribution < -0.4 is 0 Å². The molecule has 0 aliphatic heterocycles. The van der Waals surface area contributed by atoms with Gasteiger partial charge in [-0.1, -0.05) is 0 Å². The Balaban J connectivity index is 3.95. The van der Waals surface area contributed by atoms with Crippen LogP contribution in [0.15, 0.2) is 0 Å². The van der Waals surface area contributed by atoms with Crippen molar-refractivity contribution in [2.75, 3.05) is 12.4 Å². The summed E-state index contributed by atoms with van der Waals surface area (Å²) in [6, 6.07) is 0. The fraction of sp³-hybridized carbons (Fsp3) is 0.500. The van der Waals surface area contributed by atoms with Gasteiger partial charge >= 0.3 is 21.1 Å². The molecule has 0 saturated heterocycles. The average Bonchev–Trinajstić information content (AvgIpc) is 1.98. The van der Waals surface area contributed by atoms with Gasteiger partial charge < -0.3 is 10.2 Å². The van der Waals surface area contributed by atoms with E-state index < -0.39 is 33.4 Å². The molecule has 0 fully saturated rings. The zero-order chi connectivity index (χ0) is 10.5. The van der Waals surface area contributed by atoms with Crippen LogP contribution in [0.2, 0.25) is 0 Å². The van der Waals surface area contributed by atoms with Crippen molar-refractivity contribution in [3.8, 4) is 0 Å². The third-order valence-electron chi connectivity index (χ3n) is 0.653. The quantitative estimate of drug-likeness (QED) is 0.566. The van der Waals surface area contributed by atoms with E-state index in [1.165, 1.54) is 0 Å². The first-order chi connectivity index (χ1) is 5.83. The molecule has 0 unspecified atom stereocenters. The number of carbonyl (C=O) groups is 2. The van der Waals surface area contributed by atoms with Crippen LogP contribution in [-0.2, 0) is 22.9 Å². The molecule has 0 aromatic carbocycles. The molecule has 0 amide bonds. The SMILES string of the molecule is O=C(O)COS(=O)(=O)SCC(=O)O. The van der Waals surface area contributed by atoms with Crippen molar-refractivity contribution in [1.29, 1.82) is 0 Å². The Labute approximate surface area is 77.2 Å². The molecule has 76 valence electrons. The summed E-state index contributed by atoms with van der Waals surface area (Å²) < 4.78 is 25.2. The second-order valence-corrected chi connectivity index (χ2v) is 5.23. The molecule has 0 rings (SSSR count). The Morgan fingerprint density at radius 3 is 2.15 bits per heavy atom. The Bertz CT molecular complexity index is 268. The van der Waals surface area contributed by atoms with Gasteiger partial charge in [0.05, 0.1) is 0 Å². The zero-order valence-electron chi connectivity index (χ0n) is 6.17. The third kappa shape index (κ3) is 7.56. The molecule has 0 heterocycles. The summed E-state index contributed by atoms with van der Waals surface area (Å²) in [4.78, 5) is 19.8.